The molecule has 0 aromatic carbocycles. The molecule has 1 amide bonds. The van der Waals surface area contributed by atoms with Gasteiger partial charge in [0.1, 0.15) is 12.2 Å². The van der Waals surface area contributed by atoms with Gasteiger partial charge in [-0.05, 0) is 77.0 Å². The molecule has 0 saturated heterocycles. The molecule has 0 fully saturated rings. The zero-order valence-corrected chi connectivity index (χ0v) is 51.3. The van der Waals surface area contributed by atoms with Crippen LogP contribution in [0.15, 0.2) is 36.5 Å². The summed E-state index contributed by atoms with van der Waals surface area (Å²) in [7, 11) is 0. The molecule has 0 radical (unpaired) electrons. The average molecular weight is 1070 g/mol. The van der Waals surface area contributed by atoms with E-state index in [1.165, 1.54) is 302 Å². The summed E-state index contributed by atoms with van der Waals surface area (Å²) in [5, 5.41) is 44.1. The first kappa shape index (κ1) is 74.5. The van der Waals surface area contributed by atoms with Crippen molar-refractivity contribution in [3.8, 4) is 0 Å². The van der Waals surface area contributed by atoms with Crippen LogP contribution in [0.2, 0.25) is 0 Å². The number of carbonyl (C=O) groups excluding carboxylic acids is 1. The van der Waals surface area contributed by atoms with Crippen LogP contribution in [0.4, 0.5) is 0 Å². The van der Waals surface area contributed by atoms with Gasteiger partial charge in [0.25, 0.3) is 0 Å². The lowest BCUT2D eigenvalue weighted by atomic mass is 10.00. The van der Waals surface area contributed by atoms with Crippen molar-refractivity contribution in [2.24, 2.45) is 0 Å². The molecule has 6 nitrogen and oxygen atoms in total. The van der Waals surface area contributed by atoms with E-state index in [-0.39, 0.29) is 0 Å². The molecule has 0 aromatic rings. The number of nitrogens with one attached hydrogen (secondary N) is 1. The van der Waals surface area contributed by atoms with E-state index in [1.807, 2.05) is 0 Å². The first-order chi connectivity index (χ1) is 37.5. The molecule has 4 atom stereocenters. The van der Waals surface area contributed by atoms with Gasteiger partial charge in [0, 0.05) is 0 Å². The highest BCUT2D eigenvalue weighted by Gasteiger charge is 2.28. The molecule has 0 heterocycles. The van der Waals surface area contributed by atoms with E-state index in [0.717, 1.165) is 38.5 Å². The molecule has 450 valence electrons. The van der Waals surface area contributed by atoms with Crippen molar-refractivity contribution in [3.05, 3.63) is 36.5 Å². The quantitative estimate of drug-likeness (QED) is 0.0308. The first-order valence-electron chi connectivity index (χ1n) is 34.4. The van der Waals surface area contributed by atoms with Crippen LogP contribution >= 0.6 is 0 Å². The monoisotopic (exact) mass is 1070 g/mol. The Kier molecular flexibility index (Phi) is 63.1. The van der Waals surface area contributed by atoms with Crippen molar-refractivity contribution in [2.45, 2.75) is 398 Å². The standard InChI is InChI=1S/C70H135NO5/c1-3-5-7-9-11-13-15-17-19-21-23-25-27-29-31-32-33-34-35-36-37-38-40-42-44-46-48-50-52-54-56-58-60-62-64-68(74)70(76)71-66(65-72)69(75)67(73)63-61-59-57-55-53-51-49-47-45-43-41-39-30-28-26-24-22-20-18-16-14-12-10-8-6-4-2/h32-33,47,49,55,57,66-69,72-75H,3-31,34-46,48,50-54,56,58-65H2,1-2H3,(H,71,76)/b33-32-,49-47+,57-55+. The normalized spacial score (nSPS) is 13.7. The summed E-state index contributed by atoms with van der Waals surface area (Å²) in [5.41, 5.74) is 0. The van der Waals surface area contributed by atoms with Crippen molar-refractivity contribution in [1.29, 1.82) is 0 Å². The topological polar surface area (TPSA) is 110 Å². The van der Waals surface area contributed by atoms with Crippen LogP contribution in [-0.4, -0.2) is 57.3 Å². The molecular weight excluding hydrogens is 935 g/mol. The molecular formula is C70H135NO5. The predicted octanol–water partition coefficient (Wildman–Crippen LogP) is 21.1. The molecule has 0 spiro atoms. The number of allylic oxidation sites excluding steroid dienone is 6. The van der Waals surface area contributed by atoms with Crippen molar-refractivity contribution in [1.82, 2.24) is 5.32 Å². The lowest BCUT2D eigenvalue weighted by molar-refractivity contribution is -0.132. The fraction of sp³-hybridized carbons (Fsp3) is 0.900. The van der Waals surface area contributed by atoms with Gasteiger partial charge < -0.3 is 25.7 Å². The third-order valence-corrected chi connectivity index (χ3v) is 16.3. The smallest absolute Gasteiger partial charge is 0.249 e. The largest absolute Gasteiger partial charge is 0.394 e. The maximum absolute atomic E-state index is 12.6. The van der Waals surface area contributed by atoms with Gasteiger partial charge in [-0.25, -0.2) is 0 Å². The molecule has 76 heavy (non-hydrogen) atoms. The maximum atomic E-state index is 12.6. The number of hydrogen-bond donors (Lipinski definition) is 5. The lowest BCUT2D eigenvalue weighted by Crippen LogP contribution is -2.53. The van der Waals surface area contributed by atoms with E-state index in [2.05, 4.69) is 55.6 Å². The zero-order valence-electron chi connectivity index (χ0n) is 51.3. The summed E-state index contributed by atoms with van der Waals surface area (Å²) < 4.78 is 0. The molecule has 0 aliphatic carbocycles. The summed E-state index contributed by atoms with van der Waals surface area (Å²) in [5.74, 6) is -0.591. The summed E-state index contributed by atoms with van der Waals surface area (Å²) in [6, 6.07) is -1.01. The number of rotatable bonds is 64. The number of aliphatic hydroxyl groups excluding tert-OH is 4. The highest BCUT2D eigenvalue weighted by atomic mass is 16.3. The first-order valence-corrected chi connectivity index (χ1v) is 34.4. The Hall–Kier alpha value is -1.47. The van der Waals surface area contributed by atoms with Crippen LogP contribution < -0.4 is 5.32 Å². The fourth-order valence-corrected chi connectivity index (χ4v) is 11.0. The summed E-state index contributed by atoms with van der Waals surface area (Å²) >= 11 is 0. The van der Waals surface area contributed by atoms with Crippen molar-refractivity contribution < 1.29 is 25.2 Å². The lowest BCUT2D eigenvalue weighted by Gasteiger charge is -2.27. The average Bonchev–Trinajstić information content (AvgIpc) is 3.42. The van der Waals surface area contributed by atoms with Crippen LogP contribution in [0.5, 0.6) is 0 Å². The third-order valence-electron chi connectivity index (χ3n) is 16.3. The van der Waals surface area contributed by atoms with Gasteiger partial charge in [0.05, 0.1) is 18.8 Å². The Bertz CT molecular complexity index is 1200. The minimum Gasteiger partial charge on any atom is -0.394 e. The van der Waals surface area contributed by atoms with E-state index in [1.54, 1.807) is 0 Å². The maximum Gasteiger partial charge on any atom is 0.249 e. The molecule has 0 aliphatic rings. The number of unbranched alkanes of at least 4 members (excludes halogenated alkanes) is 49. The summed E-state index contributed by atoms with van der Waals surface area (Å²) in [6.07, 6.45) is 82.7. The van der Waals surface area contributed by atoms with Crippen LogP contribution in [0.1, 0.15) is 373 Å². The van der Waals surface area contributed by atoms with Crippen LogP contribution in [-0.2, 0) is 4.79 Å². The molecule has 0 bridgehead atoms. The van der Waals surface area contributed by atoms with E-state index >= 15 is 0 Å². The number of aliphatic hydroxyl groups is 4. The number of hydrogen-bond acceptors (Lipinski definition) is 5. The zero-order chi connectivity index (χ0) is 55.1. The highest BCUT2D eigenvalue weighted by Crippen LogP contribution is 2.19. The van der Waals surface area contributed by atoms with Gasteiger partial charge in [0.15, 0.2) is 0 Å². The molecule has 6 heteroatoms. The highest BCUT2D eigenvalue weighted by molar-refractivity contribution is 5.80. The van der Waals surface area contributed by atoms with Gasteiger partial charge in [-0.1, -0.05) is 333 Å². The second-order valence-electron chi connectivity index (χ2n) is 23.9. The molecule has 4 unspecified atom stereocenters. The van der Waals surface area contributed by atoms with Gasteiger partial charge in [-0.15, -0.1) is 0 Å². The minimum atomic E-state index is -1.29. The van der Waals surface area contributed by atoms with Gasteiger partial charge in [-0.2, -0.15) is 0 Å². The van der Waals surface area contributed by atoms with Crippen molar-refractivity contribution in [2.75, 3.05) is 6.61 Å². The summed E-state index contributed by atoms with van der Waals surface area (Å²) in [6.45, 7) is 4.09. The molecule has 0 saturated carbocycles. The summed E-state index contributed by atoms with van der Waals surface area (Å²) in [4.78, 5) is 12.6. The van der Waals surface area contributed by atoms with Crippen LogP contribution in [0, 0.1) is 0 Å². The SMILES string of the molecule is CCCCCCCCCCCCCCCC/C=C\CCCCCCCCCCCCCCCCCCC(O)C(=O)NC(CO)C(O)C(O)CCC/C=C/CC/C=C/CCCCCCCCCCCCCCCCCCC. The van der Waals surface area contributed by atoms with Crippen molar-refractivity contribution >= 4 is 5.91 Å². The second-order valence-corrected chi connectivity index (χ2v) is 23.9. The van der Waals surface area contributed by atoms with E-state index < -0.39 is 36.9 Å². The van der Waals surface area contributed by atoms with Crippen LogP contribution in [0.3, 0.4) is 0 Å². The third kappa shape index (κ3) is 57.2. The minimum absolute atomic E-state index is 0.362. The van der Waals surface area contributed by atoms with E-state index in [9.17, 15) is 25.2 Å². The molecule has 0 aliphatic heterocycles. The van der Waals surface area contributed by atoms with Gasteiger partial charge in [0.2, 0.25) is 5.91 Å². The van der Waals surface area contributed by atoms with Crippen LogP contribution in [0.25, 0.3) is 0 Å². The molecule has 0 rings (SSSR count). The number of amides is 1. The Labute approximate surface area is 475 Å². The van der Waals surface area contributed by atoms with E-state index in [4.69, 9.17) is 0 Å². The van der Waals surface area contributed by atoms with Gasteiger partial charge >= 0.3 is 0 Å². The Balaban J connectivity index is 3.58. The van der Waals surface area contributed by atoms with Gasteiger partial charge in [-0.3, -0.25) is 4.79 Å². The molecule has 5 N–H and O–H groups in total. The predicted molar refractivity (Wildman–Crippen MR) is 334 cm³/mol. The van der Waals surface area contributed by atoms with Crippen molar-refractivity contribution in [3.63, 3.8) is 0 Å². The Morgan fingerprint density at radius 2 is 0.553 bits per heavy atom. The van der Waals surface area contributed by atoms with E-state index in [0.29, 0.717) is 19.3 Å². The Morgan fingerprint density at radius 3 is 0.829 bits per heavy atom. The number of carbonyl (C=O) groups is 1. The fourth-order valence-electron chi connectivity index (χ4n) is 11.0. The second kappa shape index (κ2) is 64.4. The Morgan fingerprint density at radius 1 is 0.316 bits per heavy atom. The molecule has 0 aromatic heterocycles.